The fourth-order valence-electron chi connectivity index (χ4n) is 2.19. The van der Waals surface area contributed by atoms with Gasteiger partial charge in [-0.1, -0.05) is 13.8 Å². The Balaban J connectivity index is 2.47. The first-order valence-electron chi connectivity index (χ1n) is 5.59. The van der Waals surface area contributed by atoms with E-state index >= 15 is 0 Å². The Labute approximate surface area is 109 Å². The number of halogens is 2. The lowest BCUT2D eigenvalue weighted by Crippen LogP contribution is -2.41. The van der Waals surface area contributed by atoms with Crippen LogP contribution in [-0.4, -0.2) is 28.2 Å². The largest absolute Gasteiger partial charge is 0.444 e. The van der Waals surface area contributed by atoms with Gasteiger partial charge in [0.05, 0.1) is 12.2 Å². The van der Waals surface area contributed by atoms with Crippen LogP contribution in [0.25, 0.3) is 0 Å². The first kappa shape index (κ1) is 13.0. The van der Waals surface area contributed by atoms with Crippen molar-refractivity contribution in [2.45, 2.75) is 32.9 Å². The average molecular weight is 274 g/mol. The molecule has 7 heteroatoms. The van der Waals surface area contributed by atoms with Crippen LogP contribution in [0.1, 0.15) is 20.8 Å². The molecule has 1 aromatic rings. The standard InChI is InChI=1S/C11H13ClFN3O2/c1-5(2)8-6(3)18-11(17)16(8)9-7(13)4-14-10(12)15-9/h4-6,8H,1-3H3/t6?,8-/m0/s1. The molecule has 2 heterocycles. The van der Waals surface area contributed by atoms with Crippen LogP contribution in [0.2, 0.25) is 5.28 Å². The van der Waals surface area contributed by atoms with E-state index < -0.39 is 11.9 Å². The quantitative estimate of drug-likeness (QED) is 0.777. The van der Waals surface area contributed by atoms with Crippen LogP contribution in [0.4, 0.5) is 15.0 Å². The average Bonchev–Trinajstić information content (AvgIpc) is 2.57. The molecule has 1 aromatic heterocycles. The van der Waals surface area contributed by atoms with Gasteiger partial charge in [-0.05, 0) is 24.4 Å². The molecule has 0 radical (unpaired) electrons. The van der Waals surface area contributed by atoms with Gasteiger partial charge in [-0.2, -0.15) is 4.98 Å². The van der Waals surface area contributed by atoms with Crippen LogP contribution in [0.15, 0.2) is 6.20 Å². The Morgan fingerprint density at radius 2 is 2.22 bits per heavy atom. The maximum absolute atomic E-state index is 13.7. The first-order valence-corrected chi connectivity index (χ1v) is 5.97. The van der Waals surface area contributed by atoms with E-state index in [9.17, 15) is 9.18 Å². The summed E-state index contributed by atoms with van der Waals surface area (Å²) >= 11 is 5.64. The zero-order valence-electron chi connectivity index (χ0n) is 10.2. The molecule has 1 saturated heterocycles. The summed E-state index contributed by atoms with van der Waals surface area (Å²) in [6, 6.07) is -0.280. The number of anilines is 1. The number of hydrogen-bond donors (Lipinski definition) is 0. The number of carbonyl (C=O) groups excluding carboxylic acids is 1. The predicted octanol–water partition coefficient (Wildman–Crippen LogP) is 2.64. The Morgan fingerprint density at radius 3 is 2.83 bits per heavy atom. The molecule has 0 bridgehead atoms. The Morgan fingerprint density at radius 1 is 1.56 bits per heavy atom. The molecule has 0 spiro atoms. The van der Waals surface area contributed by atoms with Crippen molar-refractivity contribution in [1.29, 1.82) is 0 Å². The molecule has 1 fully saturated rings. The van der Waals surface area contributed by atoms with E-state index in [-0.39, 0.29) is 29.2 Å². The second-order valence-electron chi connectivity index (χ2n) is 4.50. The molecule has 1 unspecified atom stereocenters. The molecular weight excluding hydrogens is 261 g/mol. The predicted molar refractivity (Wildman–Crippen MR) is 64.0 cm³/mol. The van der Waals surface area contributed by atoms with Gasteiger partial charge >= 0.3 is 6.09 Å². The minimum atomic E-state index is -0.698. The monoisotopic (exact) mass is 273 g/mol. The van der Waals surface area contributed by atoms with Gasteiger partial charge in [0.15, 0.2) is 11.6 Å². The Bertz CT molecular complexity index is 483. The SMILES string of the molecule is CC(C)[C@H]1C(C)OC(=O)N1c1nc(Cl)ncc1F. The van der Waals surface area contributed by atoms with Crippen molar-refractivity contribution < 1.29 is 13.9 Å². The fraction of sp³-hybridized carbons (Fsp3) is 0.545. The van der Waals surface area contributed by atoms with E-state index in [0.717, 1.165) is 6.20 Å². The third-order valence-electron chi connectivity index (χ3n) is 2.87. The first-order chi connectivity index (χ1) is 8.41. The fourth-order valence-corrected chi connectivity index (χ4v) is 2.32. The van der Waals surface area contributed by atoms with E-state index in [0.29, 0.717) is 0 Å². The molecule has 18 heavy (non-hydrogen) atoms. The van der Waals surface area contributed by atoms with Gasteiger partial charge in [-0.3, -0.25) is 4.90 Å². The Kier molecular flexibility index (Phi) is 3.38. The lowest BCUT2D eigenvalue weighted by molar-refractivity contribution is 0.136. The summed E-state index contributed by atoms with van der Waals surface area (Å²) in [6.07, 6.45) is -0.00120. The molecule has 2 atom stereocenters. The molecule has 0 aliphatic carbocycles. The van der Waals surface area contributed by atoms with Gasteiger partial charge in [-0.15, -0.1) is 0 Å². The van der Waals surface area contributed by atoms with Gasteiger partial charge in [0, 0.05) is 0 Å². The number of rotatable bonds is 2. The van der Waals surface area contributed by atoms with Crippen molar-refractivity contribution in [3.8, 4) is 0 Å². The molecule has 0 N–H and O–H groups in total. The van der Waals surface area contributed by atoms with Crippen molar-refractivity contribution in [3.63, 3.8) is 0 Å². The zero-order chi connectivity index (χ0) is 13.4. The molecule has 1 aliphatic rings. The van der Waals surface area contributed by atoms with Crippen molar-refractivity contribution >= 4 is 23.5 Å². The minimum Gasteiger partial charge on any atom is -0.444 e. The topological polar surface area (TPSA) is 55.3 Å². The van der Waals surface area contributed by atoms with Gasteiger partial charge < -0.3 is 4.74 Å². The number of ether oxygens (including phenoxy) is 1. The maximum Gasteiger partial charge on any atom is 0.416 e. The molecule has 1 amide bonds. The molecule has 2 rings (SSSR count). The van der Waals surface area contributed by atoms with Crippen molar-refractivity contribution in [2.24, 2.45) is 5.92 Å². The zero-order valence-corrected chi connectivity index (χ0v) is 11.0. The summed E-state index contributed by atoms with van der Waals surface area (Å²) in [6.45, 7) is 5.62. The molecule has 1 aliphatic heterocycles. The van der Waals surface area contributed by atoms with Crippen LogP contribution in [0, 0.1) is 11.7 Å². The smallest absolute Gasteiger partial charge is 0.416 e. The number of aromatic nitrogens is 2. The third-order valence-corrected chi connectivity index (χ3v) is 3.05. The number of amides is 1. The van der Waals surface area contributed by atoms with E-state index in [1.165, 1.54) is 4.90 Å². The summed E-state index contributed by atoms with van der Waals surface area (Å²) in [5.41, 5.74) is 0. The normalized spacial score (nSPS) is 23.7. The van der Waals surface area contributed by atoms with Crippen molar-refractivity contribution in [2.75, 3.05) is 4.90 Å². The lowest BCUT2D eigenvalue weighted by Gasteiger charge is -2.25. The highest BCUT2D eigenvalue weighted by Crippen LogP contribution is 2.31. The summed E-state index contributed by atoms with van der Waals surface area (Å²) in [4.78, 5) is 20.3. The number of nitrogens with zero attached hydrogens (tertiary/aromatic N) is 3. The highest BCUT2D eigenvalue weighted by Gasteiger charge is 2.43. The number of hydrogen-bond acceptors (Lipinski definition) is 4. The highest BCUT2D eigenvalue weighted by atomic mass is 35.5. The maximum atomic E-state index is 13.7. The van der Waals surface area contributed by atoms with E-state index in [1.54, 1.807) is 6.92 Å². The summed E-state index contributed by atoms with van der Waals surface area (Å²) < 4.78 is 18.8. The number of carbonyl (C=O) groups is 1. The lowest BCUT2D eigenvalue weighted by atomic mass is 9.99. The van der Waals surface area contributed by atoms with Gasteiger partial charge in [0.2, 0.25) is 5.28 Å². The summed E-state index contributed by atoms with van der Waals surface area (Å²) in [5, 5.41) is -0.110. The van der Waals surface area contributed by atoms with Gasteiger partial charge in [0.25, 0.3) is 0 Å². The summed E-state index contributed by atoms with van der Waals surface area (Å²) in [7, 11) is 0. The minimum absolute atomic E-state index is 0.0968. The van der Waals surface area contributed by atoms with Crippen LogP contribution in [-0.2, 0) is 4.74 Å². The van der Waals surface area contributed by atoms with Crippen molar-refractivity contribution in [3.05, 3.63) is 17.3 Å². The molecule has 98 valence electrons. The van der Waals surface area contributed by atoms with Crippen LogP contribution in [0.3, 0.4) is 0 Å². The van der Waals surface area contributed by atoms with Crippen molar-refractivity contribution in [1.82, 2.24) is 9.97 Å². The van der Waals surface area contributed by atoms with Crippen LogP contribution in [0.5, 0.6) is 0 Å². The molecular formula is C11H13ClFN3O2. The van der Waals surface area contributed by atoms with Gasteiger partial charge in [0.1, 0.15) is 6.10 Å². The molecule has 5 nitrogen and oxygen atoms in total. The molecule has 0 saturated carbocycles. The Hall–Kier alpha value is -1.43. The highest BCUT2D eigenvalue weighted by molar-refractivity contribution is 6.28. The number of cyclic esters (lactones) is 1. The van der Waals surface area contributed by atoms with Crippen LogP contribution >= 0.6 is 11.6 Å². The van der Waals surface area contributed by atoms with E-state index in [2.05, 4.69) is 9.97 Å². The molecule has 0 aromatic carbocycles. The van der Waals surface area contributed by atoms with E-state index in [4.69, 9.17) is 16.3 Å². The second-order valence-corrected chi connectivity index (χ2v) is 4.84. The third kappa shape index (κ3) is 2.12. The van der Waals surface area contributed by atoms with Crippen LogP contribution < -0.4 is 4.90 Å². The van der Waals surface area contributed by atoms with E-state index in [1.807, 2.05) is 13.8 Å². The van der Waals surface area contributed by atoms with Gasteiger partial charge in [-0.25, -0.2) is 14.2 Å². The second kappa shape index (κ2) is 4.68. The summed E-state index contributed by atoms with van der Waals surface area (Å²) in [5.74, 6) is -0.737.